The first-order valence-corrected chi connectivity index (χ1v) is 4.82. The van der Waals surface area contributed by atoms with Gasteiger partial charge in [-0.3, -0.25) is 14.9 Å². The molecule has 0 bridgehead atoms. The van der Waals surface area contributed by atoms with E-state index in [0.717, 1.165) is 0 Å². The number of carboxylic acid groups (broad SMARTS) is 1. The van der Waals surface area contributed by atoms with E-state index in [9.17, 15) is 14.9 Å². The second kappa shape index (κ2) is 3.12. The van der Waals surface area contributed by atoms with E-state index in [2.05, 4.69) is 0 Å². The standard InChI is InChI=1S/C8H12N2O6/c9-8(7(13)14)1-2(10(15)16)3-4(5(3)8)6(11)12/h2-6,11-12H,1,9H2,(H,13,14). The van der Waals surface area contributed by atoms with Crippen LogP contribution in [-0.4, -0.2) is 44.1 Å². The predicted octanol–water partition coefficient (Wildman–Crippen LogP) is -2.01. The Hall–Kier alpha value is -1.25. The summed E-state index contributed by atoms with van der Waals surface area (Å²) >= 11 is 0. The van der Waals surface area contributed by atoms with Crippen molar-refractivity contribution in [3.63, 3.8) is 0 Å². The number of nitrogens with two attached hydrogens (primary N) is 1. The zero-order chi connectivity index (χ0) is 12.2. The molecule has 2 saturated carbocycles. The second-order valence-electron chi connectivity index (χ2n) is 4.50. The maximum Gasteiger partial charge on any atom is 0.324 e. The lowest BCUT2D eigenvalue weighted by Crippen LogP contribution is -2.51. The molecule has 8 heteroatoms. The number of aliphatic hydroxyl groups is 2. The van der Waals surface area contributed by atoms with Gasteiger partial charge in [0, 0.05) is 29.1 Å². The Morgan fingerprint density at radius 2 is 2.12 bits per heavy atom. The molecule has 2 rings (SSSR count). The average Bonchev–Trinajstić information content (AvgIpc) is 2.81. The highest BCUT2D eigenvalue weighted by molar-refractivity contribution is 5.80. The van der Waals surface area contributed by atoms with Crippen molar-refractivity contribution >= 4 is 5.97 Å². The Labute approximate surface area is 89.8 Å². The van der Waals surface area contributed by atoms with E-state index in [4.69, 9.17) is 21.1 Å². The number of hydrogen-bond donors (Lipinski definition) is 4. The first-order chi connectivity index (χ1) is 7.30. The minimum Gasteiger partial charge on any atom is -0.480 e. The number of aliphatic hydroxyl groups excluding tert-OH is 1. The third-order valence-corrected chi connectivity index (χ3v) is 3.73. The maximum absolute atomic E-state index is 11.0. The van der Waals surface area contributed by atoms with Crippen molar-refractivity contribution in [1.82, 2.24) is 0 Å². The Kier molecular flexibility index (Phi) is 2.19. The molecule has 5 atom stereocenters. The van der Waals surface area contributed by atoms with Gasteiger partial charge in [0.2, 0.25) is 6.04 Å². The molecule has 0 amide bonds. The fourth-order valence-corrected chi connectivity index (χ4v) is 2.99. The van der Waals surface area contributed by atoms with Gasteiger partial charge in [0.15, 0.2) is 6.29 Å². The number of rotatable bonds is 3. The number of fused-ring (bicyclic) bond motifs is 1. The molecular formula is C8H12N2O6. The van der Waals surface area contributed by atoms with Crippen molar-refractivity contribution < 1.29 is 25.0 Å². The SMILES string of the molecule is NC1(C(=O)O)CC([N+](=O)[O-])C2C(C(O)O)C21. The molecule has 90 valence electrons. The highest BCUT2D eigenvalue weighted by atomic mass is 16.6. The van der Waals surface area contributed by atoms with E-state index in [1.807, 2.05) is 0 Å². The Bertz CT molecular complexity index is 358. The van der Waals surface area contributed by atoms with Gasteiger partial charge < -0.3 is 21.1 Å². The number of nitro groups is 1. The number of carbonyl (C=O) groups is 1. The van der Waals surface area contributed by atoms with Gasteiger partial charge in [-0.05, 0) is 0 Å². The molecule has 5 unspecified atom stereocenters. The number of carboxylic acids is 1. The van der Waals surface area contributed by atoms with E-state index in [-0.39, 0.29) is 6.42 Å². The zero-order valence-corrected chi connectivity index (χ0v) is 8.18. The van der Waals surface area contributed by atoms with Crippen LogP contribution in [0, 0.1) is 27.9 Å². The summed E-state index contributed by atoms with van der Waals surface area (Å²) in [5.41, 5.74) is 3.91. The molecule has 8 nitrogen and oxygen atoms in total. The van der Waals surface area contributed by atoms with Crippen LogP contribution in [0.15, 0.2) is 0 Å². The Balaban J connectivity index is 2.29. The topological polar surface area (TPSA) is 147 Å². The molecule has 0 heterocycles. The second-order valence-corrected chi connectivity index (χ2v) is 4.50. The van der Waals surface area contributed by atoms with E-state index in [1.165, 1.54) is 0 Å². The highest BCUT2D eigenvalue weighted by Gasteiger charge is 2.77. The van der Waals surface area contributed by atoms with Gasteiger partial charge in [-0.2, -0.15) is 0 Å². The van der Waals surface area contributed by atoms with Gasteiger partial charge in [0.05, 0.1) is 0 Å². The van der Waals surface area contributed by atoms with Crippen LogP contribution in [0.2, 0.25) is 0 Å². The molecule has 16 heavy (non-hydrogen) atoms. The van der Waals surface area contributed by atoms with Crippen LogP contribution in [0.25, 0.3) is 0 Å². The summed E-state index contributed by atoms with van der Waals surface area (Å²) in [5, 5.41) is 37.7. The Morgan fingerprint density at radius 1 is 1.56 bits per heavy atom. The largest absolute Gasteiger partial charge is 0.480 e. The van der Waals surface area contributed by atoms with Gasteiger partial charge >= 0.3 is 5.97 Å². The molecule has 0 saturated heterocycles. The van der Waals surface area contributed by atoms with E-state index in [0.29, 0.717) is 0 Å². The summed E-state index contributed by atoms with van der Waals surface area (Å²) in [6, 6.07) is -1.10. The fraction of sp³-hybridized carbons (Fsp3) is 0.875. The molecule has 2 aliphatic carbocycles. The van der Waals surface area contributed by atoms with Crippen molar-refractivity contribution in [2.45, 2.75) is 24.3 Å². The Morgan fingerprint density at radius 3 is 2.50 bits per heavy atom. The van der Waals surface area contributed by atoms with Crippen molar-refractivity contribution in [2.75, 3.05) is 0 Å². The first-order valence-electron chi connectivity index (χ1n) is 4.82. The number of nitrogens with zero attached hydrogens (tertiary/aromatic N) is 1. The molecule has 2 aliphatic rings. The van der Waals surface area contributed by atoms with E-state index in [1.54, 1.807) is 0 Å². The van der Waals surface area contributed by atoms with Crippen molar-refractivity contribution in [3.8, 4) is 0 Å². The molecular weight excluding hydrogens is 220 g/mol. The van der Waals surface area contributed by atoms with Crippen molar-refractivity contribution in [2.24, 2.45) is 23.5 Å². The minimum atomic E-state index is -1.75. The van der Waals surface area contributed by atoms with Gasteiger partial charge in [-0.15, -0.1) is 0 Å². The molecule has 0 aromatic carbocycles. The lowest BCUT2D eigenvalue weighted by Gasteiger charge is -2.22. The van der Waals surface area contributed by atoms with Crippen LogP contribution < -0.4 is 5.73 Å². The molecule has 0 aromatic heterocycles. The molecule has 0 spiro atoms. The predicted molar refractivity (Wildman–Crippen MR) is 48.6 cm³/mol. The summed E-state index contributed by atoms with van der Waals surface area (Å²) in [6.07, 6.45) is -2.01. The van der Waals surface area contributed by atoms with Gasteiger partial charge in [0.25, 0.3) is 0 Å². The summed E-state index contributed by atoms with van der Waals surface area (Å²) in [5.74, 6) is -3.49. The molecule has 5 N–H and O–H groups in total. The van der Waals surface area contributed by atoms with Gasteiger partial charge in [-0.1, -0.05) is 0 Å². The third-order valence-electron chi connectivity index (χ3n) is 3.73. The number of aliphatic carboxylic acids is 1. The van der Waals surface area contributed by atoms with Crippen LogP contribution in [0.5, 0.6) is 0 Å². The monoisotopic (exact) mass is 232 g/mol. The van der Waals surface area contributed by atoms with Gasteiger partial charge in [-0.25, -0.2) is 0 Å². The van der Waals surface area contributed by atoms with Crippen molar-refractivity contribution in [1.29, 1.82) is 0 Å². The summed E-state index contributed by atoms with van der Waals surface area (Å²) < 4.78 is 0. The van der Waals surface area contributed by atoms with Crippen molar-refractivity contribution in [3.05, 3.63) is 10.1 Å². The maximum atomic E-state index is 11.0. The van der Waals surface area contributed by atoms with Crippen LogP contribution in [0.4, 0.5) is 0 Å². The quantitative estimate of drug-likeness (QED) is 0.249. The van der Waals surface area contributed by atoms with Crippen LogP contribution >= 0.6 is 0 Å². The highest BCUT2D eigenvalue weighted by Crippen LogP contribution is 2.63. The van der Waals surface area contributed by atoms with Crippen LogP contribution in [0.3, 0.4) is 0 Å². The molecule has 0 aromatic rings. The summed E-state index contributed by atoms with van der Waals surface area (Å²) in [7, 11) is 0. The molecule has 2 fully saturated rings. The lowest BCUT2D eigenvalue weighted by atomic mass is 9.90. The van der Waals surface area contributed by atoms with E-state index >= 15 is 0 Å². The fourth-order valence-electron chi connectivity index (χ4n) is 2.99. The van der Waals surface area contributed by atoms with Gasteiger partial charge in [0.1, 0.15) is 5.54 Å². The molecule has 0 aliphatic heterocycles. The van der Waals surface area contributed by atoms with Crippen LogP contribution in [-0.2, 0) is 4.79 Å². The van der Waals surface area contributed by atoms with Crippen LogP contribution in [0.1, 0.15) is 6.42 Å². The normalized spacial score (nSPS) is 45.5. The summed E-state index contributed by atoms with van der Waals surface area (Å²) in [6.45, 7) is 0. The smallest absolute Gasteiger partial charge is 0.324 e. The zero-order valence-electron chi connectivity index (χ0n) is 8.18. The first kappa shape index (κ1) is 11.2. The third kappa shape index (κ3) is 1.24. The van der Waals surface area contributed by atoms with E-state index < -0.39 is 46.5 Å². The number of hydrogen-bond acceptors (Lipinski definition) is 6. The summed E-state index contributed by atoms with van der Waals surface area (Å²) in [4.78, 5) is 21.1. The average molecular weight is 232 g/mol. The lowest BCUT2D eigenvalue weighted by molar-refractivity contribution is -0.527. The minimum absolute atomic E-state index is 0.256. The molecule has 0 radical (unpaired) electrons.